The molecule has 3 heteroatoms. The summed E-state index contributed by atoms with van der Waals surface area (Å²) < 4.78 is 0. The molecule has 0 aromatic rings. The molecule has 4 aliphatic rings. The number of hydrogen-bond donors (Lipinski definition) is 1. The number of aldehydes is 1. The summed E-state index contributed by atoms with van der Waals surface area (Å²) in [6, 6.07) is 0. The van der Waals surface area contributed by atoms with E-state index < -0.39 is 5.97 Å². The van der Waals surface area contributed by atoms with Gasteiger partial charge in [0.05, 0.1) is 5.92 Å². The number of carboxylic acid groups (broad SMARTS) is 1. The van der Waals surface area contributed by atoms with Crippen LogP contribution in [0.2, 0.25) is 0 Å². The molecule has 0 unspecified atom stereocenters. The zero-order valence-electron chi connectivity index (χ0n) is 14.5. The molecule has 2 bridgehead atoms. The van der Waals surface area contributed by atoms with Crippen LogP contribution in [0, 0.1) is 39.9 Å². The lowest BCUT2D eigenvalue weighted by molar-refractivity contribution is -0.157. The normalized spacial score (nSPS) is 54.9. The Morgan fingerprint density at radius 1 is 1.04 bits per heavy atom. The van der Waals surface area contributed by atoms with Gasteiger partial charge in [0.1, 0.15) is 6.29 Å². The van der Waals surface area contributed by atoms with E-state index in [1.54, 1.807) is 0 Å². The number of carboxylic acids is 1. The molecule has 128 valence electrons. The van der Waals surface area contributed by atoms with Crippen LogP contribution in [0.15, 0.2) is 0 Å². The average molecular weight is 318 g/mol. The van der Waals surface area contributed by atoms with Gasteiger partial charge in [-0.25, -0.2) is 0 Å². The summed E-state index contributed by atoms with van der Waals surface area (Å²) in [6.07, 6.45) is 11.3. The summed E-state index contributed by atoms with van der Waals surface area (Å²) in [5.74, 6) is 0.860. The van der Waals surface area contributed by atoms with Crippen LogP contribution in [-0.2, 0) is 9.59 Å². The van der Waals surface area contributed by atoms with Crippen molar-refractivity contribution in [2.24, 2.45) is 39.9 Å². The Labute approximate surface area is 139 Å². The van der Waals surface area contributed by atoms with Crippen molar-refractivity contribution < 1.29 is 14.7 Å². The van der Waals surface area contributed by atoms with Crippen LogP contribution in [-0.4, -0.2) is 17.4 Å². The number of aliphatic carboxylic acids is 1. The molecule has 1 N–H and O–H groups in total. The third-order valence-electron chi connectivity index (χ3n) is 8.77. The summed E-state index contributed by atoms with van der Waals surface area (Å²) in [6.45, 7) is 4.62. The van der Waals surface area contributed by atoms with Gasteiger partial charge in [0.25, 0.3) is 0 Å². The van der Waals surface area contributed by atoms with E-state index in [0.717, 1.165) is 44.9 Å². The molecular formula is C20H30O3. The van der Waals surface area contributed by atoms with E-state index in [-0.39, 0.29) is 22.2 Å². The van der Waals surface area contributed by atoms with Crippen LogP contribution >= 0.6 is 0 Å². The second-order valence-electron chi connectivity index (χ2n) is 9.68. The van der Waals surface area contributed by atoms with Crippen LogP contribution in [0.3, 0.4) is 0 Å². The first-order chi connectivity index (χ1) is 10.8. The van der Waals surface area contributed by atoms with Crippen molar-refractivity contribution in [1.29, 1.82) is 0 Å². The molecular weight excluding hydrogens is 288 g/mol. The molecule has 0 radical (unpaired) electrons. The van der Waals surface area contributed by atoms with Crippen LogP contribution in [0.1, 0.15) is 71.6 Å². The molecule has 7 atom stereocenters. The maximum absolute atomic E-state index is 11.9. The molecule has 4 saturated carbocycles. The number of rotatable bonds is 2. The Hall–Kier alpha value is -0.860. The molecule has 0 heterocycles. The monoisotopic (exact) mass is 318 g/mol. The fourth-order valence-electron chi connectivity index (χ4n) is 7.92. The smallest absolute Gasteiger partial charge is 0.306 e. The predicted molar refractivity (Wildman–Crippen MR) is 87.9 cm³/mol. The fourth-order valence-corrected chi connectivity index (χ4v) is 7.92. The first kappa shape index (κ1) is 15.7. The molecule has 0 aliphatic heterocycles. The highest BCUT2D eigenvalue weighted by Crippen LogP contribution is 2.72. The van der Waals surface area contributed by atoms with Crippen molar-refractivity contribution in [3.63, 3.8) is 0 Å². The fraction of sp³-hybridized carbons (Fsp3) is 0.900. The van der Waals surface area contributed by atoms with E-state index in [1.165, 1.54) is 19.1 Å². The summed E-state index contributed by atoms with van der Waals surface area (Å²) in [5.41, 5.74) is 0.346. The van der Waals surface area contributed by atoms with Gasteiger partial charge in [-0.3, -0.25) is 4.79 Å². The number of carbonyl (C=O) groups excluding carboxylic acids is 1. The standard InChI is InChI=1S/C20H30O3/c1-18(12-21)7-3-8-19(2)15(18)6-9-20-10-13(4-5-16(19)20)14(11-20)17(22)23/h12-16H,3-11H2,1-2H3,(H,22,23)/t13-,14+,15-,16+,18+,19-,20+/m1/s1. The summed E-state index contributed by atoms with van der Waals surface area (Å²) in [4.78, 5) is 23.5. The first-order valence-corrected chi connectivity index (χ1v) is 9.54. The number of carbonyl (C=O) groups is 2. The topological polar surface area (TPSA) is 54.4 Å². The van der Waals surface area contributed by atoms with Gasteiger partial charge < -0.3 is 9.90 Å². The van der Waals surface area contributed by atoms with Gasteiger partial charge in [0.15, 0.2) is 0 Å². The molecule has 3 nitrogen and oxygen atoms in total. The average Bonchev–Trinajstić information content (AvgIpc) is 2.78. The minimum absolute atomic E-state index is 0.110. The van der Waals surface area contributed by atoms with Gasteiger partial charge in [-0.2, -0.15) is 0 Å². The van der Waals surface area contributed by atoms with E-state index in [1.807, 2.05) is 0 Å². The Kier molecular flexibility index (Phi) is 3.29. The number of hydrogen-bond acceptors (Lipinski definition) is 2. The Balaban J connectivity index is 1.71. The van der Waals surface area contributed by atoms with E-state index >= 15 is 0 Å². The van der Waals surface area contributed by atoms with Crippen molar-refractivity contribution >= 4 is 12.3 Å². The third-order valence-corrected chi connectivity index (χ3v) is 8.77. The van der Waals surface area contributed by atoms with E-state index in [0.29, 0.717) is 17.8 Å². The van der Waals surface area contributed by atoms with Crippen LogP contribution < -0.4 is 0 Å². The third kappa shape index (κ3) is 1.94. The molecule has 23 heavy (non-hydrogen) atoms. The summed E-state index contributed by atoms with van der Waals surface area (Å²) >= 11 is 0. The minimum atomic E-state index is -0.568. The number of fused-ring (bicyclic) bond motifs is 3. The Bertz CT molecular complexity index is 543. The van der Waals surface area contributed by atoms with Gasteiger partial charge in [-0.05, 0) is 80.0 Å². The van der Waals surface area contributed by atoms with Crippen molar-refractivity contribution in [3.8, 4) is 0 Å². The maximum Gasteiger partial charge on any atom is 0.306 e. The van der Waals surface area contributed by atoms with Gasteiger partial charge in [0, 0.05) is 5.41 Å². The van der Waals surface area contributed by atoms with E-state index in [4.69, 9.17) is 0 Å². The molecule has 0 amide bonds. The highest BCUT2D eigenvalue weighted by atomic mass is 16.4. The lowest BCUT2D eigenvalue weighted by Gasteiger charge is -2.63. The SMILES string of the molecule is C[C@@]12CCC[C@@](C)(C=O)[C@H]1CC[C@@]13C[C@@H](CC[C@H]12)[C@@H](C(=O)O)C3. The van der Waals surface area contributed by atoms with Crippen LogP contribution in [0.25, 0.3) is 0 Å². The Morgan fingerprint density at radius 3 is 2.52 bits per heavy atom. The van der Waals surface area contributed by atoms with Crippen LogP contribution in [0.4, 0.5) is 0 Å². The first-order valence-electron chi connectivity index (χ1n) is 9.54. The maximum atomic E-state index is 11.9. The molecule has 1 spiro atoms. The molecule has 4 rings (SSSR count). The summed E-state index contributed by atoms with van der Waals surface area (Å²) in [7, 11) is 0. The van der Waals surface area contributed by atoms with E-state index in [2.05, 4.69) is 13.8 Å². The van der Waals surface area contributed by atoms with Gasteiger partial charge in [-0.15, -0.1) is 0 Å². The largest absolute Gasteiger partial charge is 0.481 e. The highest BCUT2D eigenvalue weighted by molar-refractivity contribution is 5.71. The lowest BCUT2D eigenvalue weighted by atomic mass is 9.41. The Morgan fingerprint density at radius 2 is 1.83 bits per heavy atom. The van der Waals surface area contributed by atoms with E-state index in [9.17, 15) is 14.7 Å². The van der Waals surface area contributed by atoms with Crippen molar-refractivity contribution in [1.82, 2.24) is 0 Å². The predicted octanol–water partition coefficient (Wildman–Crippen LogP) is 4.30. The molecule has 0 saturated heterocycles. The van der Waals surface area contributed by atoms with Crippen LogP contribution in [0.5, 0.6) is 0 Å². The second kappa shape index (κ2) is 4.83. The highest BCUT2D eigenvalue weighted by Gasteiger charge is 2.65. The van der Waals surface area contributed by atoms with Gasteiger partial charge in [0.2, 0.25) is 0 Å². The zero-order chi connectivity index (χ0) is 16.5. The minimum Gasteiger partial charge on any atom is -0.481 e. The van der Waals surface area contributed by atoms with Gasteiger partial charge in [-0.1, -0.05) is 20.3 Å². The molecule has 4 aliphatic carbocycles. The zero-order valence-corrected chi connectivity index (χ0v) is 14.5. The van der Waals surface area contributed by atoms with Crippen molar-refractivity contribution in [2.45, 2.75) is 71.6 Å². The van der Waals surface area contributed by atoms with Crippen molar-refractivity contribution in [2.75, 3.05) is 0 Å². The van der Waals surface area contributed by atoms with Crippen molar-refractivity contribution in [3.05, 3.63) is 0 Å². The molecule has 4 fully saturated rings. The lowest BCUT2D eigenvalue weighted by Crippen LogP contribution is -2.56. The molecule has 0 aromatic carbocycles. The quantitative estimate of drug-likeness (QED) is 0.772. The second-order valence-corrected chi connectivity index (χ2v) is 9.68. The molecule has 0 aromatic heterocycles. The summed E-state index contributed by atoms with van der Waals surface area (Å²) in [5, 5.41) is 9.62. The van der Waals surface area contributed by atoms with Gasteiger partial charge >= 0.3 is 5.97 Å².